The minimum Gasteiger partial charge on any atom is -0.355 e. The first-order valence-corrected chi connectivity index (χ1v) is 8.12. The second kappa shape index (κ2) is 5.43. The van der Waals surface area contributed by atoms with E-state index in [1.807, 2.05) is 0 Å². The maximum Gasteiger partial charge on any atom is 0.220 e. The number of fused-ring (bicyclic) bond motifs is 2. The van der Waals surface area contributed by atoms with Crippen molar-refractivity contribution in [3.63, 3.8) is 0 Å². The third-order valence-electron chi connectivity index (χ3n) is 5.73. The fourth-order valence-electron chi connectivity index (χ4n) is 4.52. The second-order valence-corrected chi connectivity index (χ2v) is 7.51. The van der Waals surface area contributed by atoms with E-state index in [0.717, 1.165) is 37.9 Å². The highest BCUT2D eigenvalue weighted by Crippen LogP contribution is 2.49. The average molecular weight is 264 g/mol. The first-order valence-electron chi connectivity index (χ1n) is 8.12. The van der Waals surface area contributed by atoms with E-state index in [1.54, 1.807) is 0 Å². The lowest BCUT2D eigenvalue weighted by Gasteiger charge is -2.34. The number of nitrogens with one attached hydrogen (secondary N) is 2. The van der Waals surface area contributed by atoms with Gasteiger partial charge in [0.1, 0.15) is 0 Å². The maximum atomic E-state index is 12.1. The van der Waals surface area contributed by atoms with Crippen molar-refractivity contribution in [3.8, 4) is 0 Å². The lowest BCUT2D eigenvalue weighted by molar-refractivity contribution is -0.122. The van der Waals surface area contributed by atoms with E-state index in [2.05, 4.69) is 17.6 Å². The number of carbonyl (C=O) groups is 1. The molecule has 3 rings (SSSR count). The van der Waals surface area contributed by atoms with Crippen molar-refractivity contribution in [3.05, 3.63) is 0 Å². The van der Waals surface area contributed by atoms with Crippen LogP contribution in [0.2, 0.25) is 0 Å². The molecule has 4 unspecified atom stereocenters. The zero-order valence-corrected chi connectivity index (χ0v) is 12.2. The molecule has 1 amide bonds. The largest absolute Gasteiger partial charge is 0.355 e. The molecule has 3 heteroatoms. The zero-order valence-electron chi connectivity index (χ0n) is 12.2. The van der Waals surface area contributed by atoms with Gasteiger partial charge in [-0.2, -0.15) is 0 Å². The molecule has 1 aliphatic heterocycles. The molecular formula is C16H28N2O. The molecule has 0 aromatic rings. The van der Waals surface area contributed by atoms with Crippen molar-refractivity contribution in [2.45, 2.75) is 51.9 Å². The normalized spacial score (nSPS) is 41.4. The summed E-state index contributed by atoms with van der Waals surface area (Å²) in [5.41, 5.74) is 0.266. The van der Waals surface area contributed by atoms with Crippen LogP contribution in [-0.4, -0.2) is 25.5 Å². The molecule has 2 bridgehead atoms. The van der Waals surface area contributed by atoms with Gasteiger partial charge in [0.15, 0.2) is 0 Å². The third kappa shape index (κ3) is 3.13. The smallest absolute Gasteiger partial charge is 0.220 e. The summed E-state index contributed by atoms with van der Waals surface area (Å²) in [6, 6.07) is 0. The fourth-order valence-corrected chi connectivity index (χ4v) is 4.52. The van der Waals surface area contributed by atoms with Gasteiger partial charge in [-0.15, -0.1) is 0 Å². The highest BCUT2D eigenvalue weighted by Gasteiger charge is 2.40. The zero-order chi connectivity index (χ0) is 13.3. The van der Waals surface area contributed by atoms with Crippen LogP contribution < -0.4 is 10.6 Å². The topological polar surface area (TPSA) is 41.1 Å². The van der Waals surface area contributed by atoms with Gasteiger partial charge in [-0.1, -0.05) is 13.3 Å². The monoisotopic (exact) mass is 264 g/mol. The van der Waals surface area contributed by atoms with Crippen molar-refractivity contribution in [1.29, 1.82) is 0 Å². The summed E-state index contributed by atoms with van der Waals surface area (Å²) in [6.45, 7) is 5.31. The van der Waals surface area contributed by atoms with Gasteiger partial charge in [0, 0.05) is 19.5 Å². The third-order valence-corrected chi connectivity index (χ3v) is 5.73. The number of carbonyl (C=O) groups excluding carboxylic acids is 1. The summed E-state index contributed by atoms with van der Waals surface area (Å²) in [7, 11) is 0. The van der Waals surface area contributed by atoms with Crippen LogP contribution in [0.4, 0.5) is 0 Å². The quantitative estimate of drug-likeness (QED) is 0.818. The highest BCUT2D eigenvalue weighted by molar-refractivity contribution is 5.76. The highest BCUT2D eigenvalue weighted by atomic mass is 16.1. The van der Waals surface area contributed by atoms with Crippen LogP contribution in [0.25, 0.3) is 0 Å². The number of amides is 1. The average Bonchev–Trinajstić information content (AvgIpc) is 3.00. The van der Waals surface area contributed by atoms with Crippen LogP contribution in [0.3, 0.4) is 0 Å². The minimum atomic E-state index is 0.266. The Labute approximate surface area is 116 Å². The van der Waals surface area contributed by atoms with Gasteiger partial charge < -0.3 is 10.6 Å². The van der Waals surface area contributed by atoms with Gasteiger partial charge in [-0.05, 0) is 61.8 Å². The Bertz CT molecular complexity index is 336. The molecule has 3 nitrogen and oxygen atoms in total. The van der Waals surface area contributed by atoms with Crippen LogP contribution in [-0.2, 0) is 4.79 Å². The number of rotatable bonds is 4. The van der Waals surface area contributed by atoms with Crippen molar-refractivity contribution < 1.29 is 4.79 Å². The molecule has 0 aromatic carbocycles. The molecule has 0 spiro atoms. The Balaban J connectivity index is 1.41. The first kappa shape index (κ1) is 13.4. The SMILES string of the molecule is CC1(CNC(=O)CC2CC3CCC2C3)CCCNC1. The minimum absolute atomic E-state index is 0.266. The van der Waals surface area contributed by atoms with E-state index in [0.29, 0.717) is 11.8 Å². The van der Waals surface area contributed by atoms with Crippen LogP contribution in [0.5, 0.6) is 0 Å². The molecular weight excluding hydrogens is 236 g/mol. The Morgan fingerprint density at radius 2 is 2.26 bits per heavy atom. The van der Waals surface area contributed by atoms with Gasteiger partial charge >= 0.3 is 0 Å². The summed E-state index contributed by atoms with van der Waals surface area (Å²) in [4.78, 5) is 12.1. The van der Waals surface area contributed by atoms with E-state index in [-0.39, 0.29) is 5.41 Å². The molecule has 3 fully saturated rings. The van der Waals surface area contributed by atoms with E-state index in [9.17, 15) is 4.79 Å². The van der Waals surface area contributed by atoms with E-state index >= 15 is 0 Å². The molecule has 19 heavy (non-hydrogen) atoms. The second-order valence-electron chi connectivity index (χ2n) is 7.51. The summed E-state index contributed by atoms with van der Waals surface area (Å²) < 4.78 is 0. The molecule has 108 valence electrons. The molecule has 1 heterocycles. The molecule has 1 saturated heterocycles. The summed E-state index contributed by atoms with van der Waals surface area (Å²) in [5.74, 6) is 2.80. The van der Waals surface area contributed by atoms with Crippen LogP contribution >= 0.6 is 0 Å². The van der Waals surface area contributed by atoms with Gasteiger partial charge in [-0.3, -0.25) is 4.79 Å². The molecule has 2 aliphatic carbocycles. The Morgan fingerprint density at radius 3 is 2.89 bits per heavy atom. The lowest BCUT2D eigenvalue weighted by atomic mass is 9.82. The number of hydrogen-bond donors (Lipinski definition) is 2. The first-order chi connectivity index (χ1) is 9.15. The lowest BCUT2D eigenvalue weighted by Crippen LogP contribution is -2.46. The maximum absolute atomic E-state index is 12.1. The standard InChI is InChI=1S/C16H28N2O/c1-16(5-2-6-17-10-16)11-18-15(19)9-14-8-12-3-4-13(14)7-12/h12-14,17H,2-11H2,1H3,(H,18,19). The summed E-state index contributed by atoms with van der Waals surface area (Å²) in [5, 5.41) is 6.64. The molecule has 2 saturated carbocycles. The number of hydrogen-bond acceptors (Lipinski definition) is 2. The van der Waals surface area contributed by atoms with Gasteiger partial charge in [0.2, 0.25) is 5.91 Å². The van der Waals surface area contributed by atoms with Crippen molar-refractivity contribution in [1.82, 2.24) is 10.6 Å². The van der Waals surface area contributed by atoms with E-state index in [1.165, 1.54) is 38.5 Å². The number of piperidine rings is 1. The predicted octanol–water partition coefficient (Wildman–Crippen LogP) is 2.32. The predicted molar refractivity (Wildman–Crippen MR) is 76.8 cm³/mol. The van der Waals surface area contributed by atoms with Gasteiger partial charge in [0.25, 0.3) is 0 Å². The molecule has 0 radical (unpaired) electrons. The van der Waals surface area contributed by atoms with E-state index < -0.39 is 0 Å². The van der Waals surface area contributed by atoms with Crippen LogP contribution in [0, 0.1) is 23.2 Å². The van der Waals surface area contributed by atoms with Crippen LogP contribution in [0.1, 0.15) is 51.9 Å². The fraction of sp³-hybridized carbons (Fsp3) is 0.938. The molecule has 0 aromatic heterocycles. The van der Waals surface area contributed by atoms with Crippen molar-refractivity contribution >= 4 is 5.91 Å². The van der Waals surface area contributed by atoms with E-state index in [4.69, 9.17) is 0 Å². The Morgan fingerprint density at radius 1 is 1.37 bits per heavy atom. The molecule has 3 aliphatic rings. The summed E-state index contributed by atoms with van der Waals surface area (Å²) in [6.07, 6.45) is 8.77. The summed E-state index contributed by atoms with van der Waals surface area (Å²) >= 11 is 0. The van der Waals surface area contributed by atoms with Crippen molar-refractivity contribution in [2.24, 2.45) is 23.2 Å². The van der Waals surface area contributed by atoms with Gasteiger partial charge in [0.05, 0.1) is 0 Å². The Hall–Kier alpha value is -0.570. The van der Waals surface area contributed by atoms with Crippen molar-refractivity contribution in [2.75, 3.05) is 19.6 Å². The Kier molecular flexibility index (Phi) is 3.84. The molecule has 2 N–H and O–H groups in total. The van der Waals surface area contributed by atoms with Gasteiger partial charge in [-0.25, -0.2) is 0 Å². The van der Waals surface area contributed by atoms with Crippen LogP contribution in [0.15, 0.2) is 0 Å². The molecule has 4 atom stereocenters.